The van der Waals surface area contributed by atoms with Crippen molar-refractivity contribution in [2.24, 2.45) is 0 Å². The van der Waals surface area contributed by atoms with Crippen molar-refractivity contribution < 1.29 is 23.2 Å². The summed E-state index contributed by atoms with van der Waals surface area (Å²) in [6.45, 7) is 12.9. The van der Waals surface area contributed by atoms with E-state index in [0.717, 1.165) is 24.1 Å². The van der Waals surface area contributed by atoms with Crippen LogP contribution in [0.5, 0.6) is 0 Å². The molecule has 0 heterocycles. The molecule has 184 valence electrons. The summed E-state index contributed by atoms with van der Waals surface area (Å²) in [5, 5.41) is 0. The minimum Gasteiger partial charge on any atom is -0.484 e. The highest BCUT2D eigenvalue weighted by molar-refractivity contribution is 7.80. The molecule has 0 radical (unpaired) electrons. The summed E-state index contributed by atoms with van der Waals surface area (Å²) >= 11 is 5.46. The molecule has 0 bridgehead atoms. The summed E-state index contributed by atoms with van der Waals surface area (Å²) in [4.78, 5) is 25.7. The third-order valence-electron chi connectivity index (χ3n) is 5.24. The van der Waals surface area contributed by atoms with Gasteiger partial charge in [0.05, 0.1) is 17.6 Å². The molecule has 0 aromatic carbocycles. The Morgan fingerprint density at radius 3 is 2.48 bits per heavy atom. The Balaban J connectivity index is 1.95. The van der Waals surface area contributed by atoms with Crippen molar-refractivity contribution in [2.45, 2.75) is 96.4 Å². The minimum atomic E-state index is -1.75. The number of hydrogen-bond acceptors (Lipinski definition) is 6. The third kappa shape index (κ3) is 10.7. The highest BCUT2D eigenvalue weighted by Gasteiger charge is 2.34. The number of carbonyl (C=O) groups excluding carboxylic acids is 2. The second kappa shape index (κ2) is 12.5. The van der Waals surface area contributed by atoms with E-state index >= 15 is 0 Å². The quantitative estimate of drug-likeness (QED) is 0.161. The lowest BCUT2D eigenvalue weighted by Crippen LogP contribution is -2.30. The van der Waals surface area contributed by atoms with Gasteiger partial charge in [-0.3, -0.25) is 9.59 Å². The third-order valence-corrected chi connectivity index (χ3v) is 7.63. The standard InChI is InChI=1S/C25H40O5SSi2/c1-32(2,3)28-18-19(26)12-8-7-9-13-23(29-24-14-10-11-15-25(24)31)21-16-20(17-22(21)27)30-33(4,5)6/h10-11,14,16,20,23H,7-9,12-13,15,17-18H2,1-6H3. The highest BCUT2D eigenvalue weighted by atomic mass is 32.1. The van der Waals surface area contributed by atoms with Crippen molar-refractivity contribution >= 4 is 45.3 Å². The molecule has 2 unspecified atom stereocenters. The number of unbranched alkanes of at least 4 members (excludes halogenated alkanes) is 2. The Morgan fingerprint density at radius 2 is 1.85 bits per heavy atom. The normalized spacial score (nSPS) is 20.0. The van der Waals surface area contributed by atoms with Gasteiger partial charge in [-0.05, 0) is 70.7 Å². The fourth-order valence-electron chi connectivity index (χ4n) is 3.73. The van der Waals surface area contributed by atoms with Gasteiger partial charge in [-0.2, -0.15) is 0 Å². The van der Waals surface area contributed by atoms with E-state index in [0.29, 0.717) is 37.0 Å². The lowest BCUT2D eigenvalue weighted by atomic mass is 10.0. The Hall–Kier alpha value is -1.20. The van der Waals surface area contributed by atoms with Gasteiger partial charge in [-0.15, -0.1) is 0 Å². The van der Waals surface area contributed by atoms with Crippen molar-refractivity contribution in [3.05, 3.63) is 35.6 Å². The van der Waals surface area contributed by atoms with Crippen LogP contribution in [0.15, 0.2) is 35.6 Å². The Kier molecular flexibility index (Phi) is 10.6. The number of hydrogen-bond donors (Lipinski definition) is 0. The topological polar surface area (TPSA) is 61.8 Å². The van der Waals surface area contributed by atoms with Gasteiger partial charge in [0, 0.05) is 24.8 Å². The van der Waals surface area contributed by atoms with E-state index in [4.69, 9.17) is 25.8 Å². The Morgan fingerprint density at radius 1 is 1.12 bits per heavy atom. The second-order valence-electron chi connectivity index (χ2n) is 10.7. The fraction of sp³-hybridized carbons (Fsp3) is 0.640. The van der Waals surface area contributed by atoms with E-state index in [1.165, 1.54) is 0 Å². The summed E-state index contributed by atoms with van der Waals surface area (Å²) in [7, 11) is -3.42. The van der Waals surface area contributed by atoms with Crippen LogP contribution in [0, 0.1) is 0 Å². The van der Waals surface area contributed by atoms with Gasteiger partial charge in [0.15, 0.2) is 28.2 Å². The van der Waals surface area contributed by atoms with Gasteiger partial charge in [0.2, 0.25) is 0 Å². The summed E-state index contributed by atoms with van der Waals surface area (Å²) in [6, 6.07) is 0. The molecular weight excluding hydrogens is 469 g/mol. The van der Waals surface area contributed by atoms with Gasteiger partial charge >= 0.3 is 0 Å². The number of rotatable bonds is 14. The molecule has 0 amide bonds. The van der Waals surface area contributed by atoms with Gasteiger partial charge < -0.3 is 13.6 Å². The number of thiocarbonyl (C=S) groups is 1. The average Bonchev–Trinajstić information content (AvgIpc) is 3.04. The summed E-state index contributed by atoms with van der Waals surface area (Å²) in [5.41, 5.74) is 0.705. The molecule has 33 heavy (non-hydrogen) atoms. The van der Waals surface area contributed by atoms with Crippen LogP contribution < -0.4 is 0 Å². The van der Waals surface area contributed by atoms with E-state index < -0.39 is 16.6 Å². The zero-order valence-electron chi connectivity index (χ0n) is 21.1. The van der Waals surface area contributed by atoms with E-state index in [1.807, 2.05) is 24.3 Å². The van der Waals surface area contributed by atoms with E-state index in [2.05, 4.69) is 39.3 Å². The molecule has 2 rings (SSSR count). The molecule has 0 spiro atoms. The molecule has 0 saturated heterocycles. The van der Waals surface area contributed by atoms with Crippen molar-refractivity contribution in [1.82, 2.24) is 0 Å². The number of allylic oxidation sites excluding steroid dienone is 4. The van der Waals surface area contributed by atoms with Gasteiger partial charge in [-0.1, -0.05) is 30.8 Å². The van der Waals surface area contributed by atoms with E-state index in [1.54, 1.807) is 0 Å². The number of carbonyl (C=O) groups is 2. The fourth-order valence-corrected chi connectivity index (χ4v) is 5.59. The maximum atomic E-state index is 12.8. The van der Waals surface area contributed by atoms with Crippen LogP contribution in [0.4, 0.5) is 0 Å². The number of Topliss-reactive ketones (excluding diaryl/α,β-unsaturated/α-hetero) is 2. The second-order valence-corrected chi connectivity index (χ2v) is 20.2. The molecule has 0 saturated carbocycles. The lowest BCUT2D eigenvalue weighted by Gasteiger charge is -2.23. The average molecular weight is 509 g/mol. The van der Waals surface area contributed by atoms with Crippen molar-refractivity contribution in [3.8, 4) is 0 Å². The first-order chi connectivity index (χ1) is 15.3. The van der Waals surface area contributed by atoms with Crippen LogP contribution in [0.25, 0.3) is 0 Å². The molecule has 2 aliphatic carbocycles. The smallest absolute Gasteiger partial charge is 0.184 e. The van der Waals surface area contributed by atoms with E-state index in [-0.39, 0.29) is 30.4 Å². The van der Waals surface area contributed by atoms with Gasteiger partial charge in [0.1, 0.15) is 11.9 Å². The number of ether oxygens (including phenoxy) is 1. The highest BCUT2D eigenvalue weighted by Crippen LogP contribution is 2.29. The zero-order chi connectivity index (χ0) is 24.6. The molecule has 0 aliphatic heterocycles. The maximum Gasteiger partial charge on any atom is 0.184 e. The first-order valence-corrected chi connectivity index (χ1v) is 19.2. The molecule has 8 heteroatoms. The van der Waals surface area contributed by atoms with Crippen LogP contribution in [0.2, 0.25) is 39.3 Å². The zero-order valence-corrected chi connectivity index (χ0v) is 23.9. The first-order valence-electron chi connectivity index (χ1n) is 12.0. The Bertz CT molecular complexity index is 818. The van der Waals surface area contributed by atoms with Gasteiger partial charge in [-0.25, -0.2) is 0 Å². The number of ketones is 2. The van der Waals surface area contributed by atoms with Crippen LogP contribution in [-0.2, 0) is 23.2 Å². The molecule has 2 atom stereocenters. The molecule has 0 fully saturated rings. The van der Waals surface area contributed by atoms with E-state index in [9.17, 15) is 9.59 Å². The predicted octanol–water partition coefficient (Wildman–Crippen LogP) is 6.08. The predicted molar refractivity (Wildman–Crippen MR) is 143 cm³/mol. The minimum absolute atomic E-state index is 0.0970. The molecule has 5 nitrogen and oxygen atoms in total. The van der Waals surface area contributed by atoms with Crippen molar-refractivity contribution in [2.75, 3.05) is 6.61 Å². The maximum absolute atomic E-state index is 12.8. The summed E-state index contributed by atoms with van der Waals surface area (Å²) in [5.74, 6) is 0.939. The lowest BCUT2D eigenvalue weighted by molar-refractivity contribution is -0.121. The van der Waals surface area contributed by atoms with Crippen molar-refractivity contribution in [1.29, 1.82) is 0 Å². The van der Waals surface area contributed by atoms with Crippen LogP contribution in [-0.4, -0.2) is 51.9 Å². The summed E-state index contributed by atoms with van der Waals surface area (Å²) < 4.78 is 18.2. The van der Waals surface area contributed by atoms with Crippen molar-refractivity contribution in [3.63, 3.8) is 0 Å². The van der Waals surface area contributed by atoms with Crippen LogP contribution >= 0.6 is 12.2 Å². The molecular formula is C25H40O5SSi2. The Labute approximate surface area is 206 Å². The molecule has 0 N–H and O–H groups in total. The molecule has 0 aromatic heterocycles. The molecule has 2 aliphatic rings. The summed E-state index contributed by atoms with van der Waals surface area (Å²) in [6.07, 6.45) is 12.2. The van der Waals surface area contributed by atoms with Crippen LogP contribution in [0.3, 0.4) is 0 Å². The molecule has 0 aromatic rings. The van der Waals surface area contributed by atoms with Crippen LogP contribution in [0.1, 0.15) is 44.9 Å². The monoisotopic (exact) mass is 508 g/mol. The largest absolute Gasteiger partial charge is 0.484 e. The SMILES string of the molecule is C[Si](C)(C)OCC(=O)CCCCCC(OC1=CC=CCC1=S)C1=CC(O[Si](C)(C)C)CC1=O. The first kappa shape index (κ1) is 28.0. The van der Waals surface area contributed by atoms with Gasteiger partial charge in [0.25, 0.3) is 0 Å².